The van der Waals surface area contributed by atoms with Crippen molar-refractivity contribution in [3.05, 3.63) is 36.0 Å². The van der Waals surface area contributed by atoms with E-state index in [4.69, 9.17) is 0 Å². The number of aromatic nitrogens is 1. The number of H-pyrrole nitrogens is 1. The van der Waals surface area contributed by atoms with E-state index in [2.05, 4.69) is 10.3 Å². The highest BCUT2D eigenvalue weighted by Crippen LogP contribution is 2.33. The van der Waals surface area contributed by atoms with Gasteiger partial charge in [0.2, 0.25) is 11.8 Å². The van der Waals surface area contributed by atoms with Crippen LogP contribution in [0.5, 0.6) is 0 Å². The summed E-state index contributed by atoms with van der Waals surface area (Å²) in [6, 6.07) is 6.65. The van der Waals surface area contributed by atoms with Crippen LogP contribution in [0.3, 0.4) is 0 Å². The minimum absolute atomic E-state index is 0.0283. The lowest BCUT2D eigenvalue weighted by Crippen LogP contribution is -2.53. The first-order chi connectivity index (χ1) is 12.8. The number of para-hydroxylation sites is 1. The molecule has 5 nitrogen and oxygen atoms in total. The molecule has 1 saturated heterocycles. The number of carbonyl (C=O) groups is 2. The van der Waals surface area contributed by atoms with Crippen molar-refractivity contribution in [1.29, 1.82) is 0 Å². The number of benzene rings is 1. The van der Waals surface area contributed by atoms with Gasteiger partial charge in [-0.25, -0.2) is 0 Å². The van der Waals surface area contributed by atoms with E-state index in [0.717, 1.165) is 16.5 Å². The number of rotatable bonds is 4. The van der Waals surface area contributed by atoms with Crippen LogP contribution in [-0.2, 0) is 16.0 Å². The zero-order chi connectivity index (χ0) is 19.6. The summed E-state index contributed by atoms with van der Waals surface area (Å²) < 4.78 is 39.2. The van der Waals surface area contributed by atoms with E-state index in [1.165, 1.54) is 11.8 Å². The molecule has 0 bridgehead atoms. The third-order valence-corrected chi connectivity index (χ3v) is 4.97. The van der Waals surface area contributed by atoms with Crippen molar-refractivity contribution in [2.75, 3.05) is 13.1 Å². The number of nitrogens with one attached hydrogen (secondary N) is 2. The Balaban J connectivity index is 1.79. The number of amides is 2. The maximum absolute atomic E-state index is 13.1. The number of nitrogens with zero attached hydrogens (tertiary/aromatic N) is 1. The quantitative estimate of drug-likeness (QED) is 0.855. The molecule has 0 unspecified atom stereocenters. The Bertz CT molecular complexity index is 831. The number of fused-ring (bicyclic) bond motifs is 1. The normalized spacial score (nSPS) is 19.1. The highest BCUT2D eigenvalue weighted by Gasteiger charge is 2.43. The van der Waals surface area contributed by atoms with Crippen molar-refractivity contribution in [3.63, 3.8) is 0 Å². The number of halogens is 3. The highest BCUT2D eigenvalue weighted by atomic mass is 19.4. The van der Waals surface area contributed by atoms with Gasteiger partial charge in [0.1, 0.15) is 6.04 Å². The maximum Gasteiger partial charge on any atom is 0.393 e. The molecular weight excluding hydrogens is 359 g/mol. The molecule has 0 saturated carbocycles. The minimum Gasteiger partial charge on any atom is -0.361 e. The van der Waals surface area contributed by atoms with E-state index in [0.29, 0.717) is 6.42 Å². The number of alkyl halides is 3. The van der Waals surface area contributed by atoms with Crippen molar-refractivity contribution in [1.82, 2.24) is 15.2 Å². The monoisotopic (exact) mass is 381 g/mol. The Labute approximate surface area is 154 Å². The van der Waals surface area contributed by atoms with Crippen LogP contribution in [-0.4, -0.2) is 47.0 Å². The van der Waals surface area contributed by atoms with Gasteiger partial charge in [0.25, 0.3) is 0 Å². The van der Waals surface area contributed by atoms with Crippen LogP contribution in [0.4, 0.5) is 13.2 Å². The van der Waals surface area contributed by atoms with Crippen LogP contribution in [0, 0.1) is 5.92 Å². The van der Waals surface area contributed by atoms with Crippen LogP contribution in [0.1, 0.15) is 25.3 Å². The lowest BCUT2D eigenvalue weighted by Gasteiger charge is -2.35. The fourth-order valence-corrected chi connectivity index (χ4v) is 3.63. The second kappa shape index (κ2) is 7.62. The second-order valence-corrected chi connectivity index (χ2v) is 6.98. The summed E-state index contributed by atoms with van der Waals surface area (Å²) in [6.07, 6.45) is -2.01. The van der Waals surface area contributed by atoms with Gasteiger partial charge in [0, 0.05) is 43.5 Å². The molecule has 2 heterocycles. The van der Waals surface area contributed by atoms with Gasteiger partial charge in [-0.3, -0.25) is 9.59 Å². The van der Waals surface area contributed by atoms with Crippen molar-refractivity contribution >= 4 is 22.7 Å². The molecule has 146 valence electrons. The van der Waals surface area contributed by atoms with E-state index in [-0.39, 0.29) is 25.9 Å². The Morgan fingerprint density at radius 2 is 2.07 bits per heavy atom. The molecule has 0 aliphatic carbocycles. The van der Waals surface area contributed by atoms with Gasteiger partial charge >= 0.3 is 6.18 Å². The Kier molecular flexibility index (Phi) is 5.43. The van der Waals surface area contributed by atoms with Gasteiger partial charge < -0.3 is 15.2 Å². The number of hydrogen-bond acceptors (Lipinski definition) is 2. The largest absolute Gasteiger partial charge is 0.393 e. The van der Waals surface area contributed by atoms with Crippen molar-refractivity contribution < 1.29 is 22.8 Å². The van der Waals surface area contributed by atoms with Crippen LogP contribution in [0.25, 0.3) is 10.9 Å². The van der Waals surface area contributed by atoms with E-state index < -0.39 is 30.0 Å². The molecule has 1 aromatic carbocycles. The Morgan fingerprint density at radius 1 is 1.33 bits per heavy atom. The predicted molar refractivity (Wildman–Crippen MR) is 95.0 cm³/mol. The van der Waals surface area contributed by atoms with E-state index >= 15 is 0 Å². The number of aromatic amines is 1. The first-order valence-corrected chi connectivity index (χ1v) is 8.93. The predicted octanol–water partition coefficient (Wildman–Crippen LogP) is 3.02. The minimum atomic E-state index is -4.32. The van der Waals surface area contributed by atoms with Crippen LogP contribution in [0.2, 0.25) is 0 Å². The van der Waals surface area contributed by atoms with E-state index in [1.807, 2.05) is 24.3 Å². The van der Waals surface area contributed by atoms with E-state index in [9.17, 15) is 22.8 Å². The molecule has 2 atom stereocenters. The summed E-state index contributed by atoms with van der Waals surface area (Å²) in [5.41, 5.74) is 1.73. The number of carbonyl (C=O) groups excluding carboxylic acids is 2. The van der Waals surface area contributed by atoms with Crippen molar-refractivity contribution in [2.45, 2.75) is 38.4 Å². The second-order valence-electron chi connectivity index (χ2n) is 6.98. The van der Waals surface area contributed by atoms with Gasteiger partial charge in [0.05, 0.1) is 5.92 Å². The van der Waals surface area contributed by atoms with Gasteiger partial charge in [0.15, 0.2) is 0 Å². The summed E-state index contributed by atoms with van der Waals surface area (Å²) in [5, 5.41) is 3.53. The molecule has 8 heteroatoms. The van der Waals surface area contributed by atoms with E-state index in [1.54, 1.807) is 6.20 Å². The molecule has 1 aliphatic rings. The lowest BCUT2D eigenvalue weighted by molar-refractivity contribution is -0.188. The SMILES string of the molecule is CC(=O)N[C@H](Cc1c[nH]c2ccccc12)C(=O)N1CCC[C@@H](C(F)(F)F)C1. The number of likely N-dealkylation sites (tertiary alicyclic amines) is 1. The zero-order valence-electron chi connectivity index (χ0n) is 15.0. The first kappa shape index (κ1) is 19.3. The van der Waals surface area contributed by atoms with Crippen molar-refractivity contribution in [2.24, 2.45) is 5.92 Å². The maximum atomic E-state index is 13.1. The molecule has 0 radical (unpaired) electrons. The Morgan fingerprint density at radius 3 is 2.78 bits per heavy atom. The molecule has 2 amide bonds. The summed E-state index contributed by atoms with van der Waals surface area (Å²) >= 11 is 0. The van der Waals surface area contributed by atoms with Crippen molar-refractivity contribution in [3.8, 4) is 0 Å². The molecule has 1 fully saturated rings. The number of hydrogen-bond donors (Lipinski definition) is 2. The van der Waals surface area contributed by atoms with Gasteiger partial charge in [-0.2, -0.15) is 13.2 Å². The molecule has 3 rings (SSSR count). The van der Waals surface area contributed by atoms with Gasteiger partial charge in [-0.1, -0.05) is 18.2 Å². The highest BCUT2D eigenvalue weighted by molar-refractivity contribution is 5.89. The summed E-state index contributed by atoms with van der Waals surface area (Å²) in [5.74, 6) is -2.37. The average molecular weight is 381 g/mol. The zero-order valence-corrected chi connectivity index (χ0v) is 15.0. The van der Waals surface area contributed by atoms with Crippen LogP contribution >= 0.6 is 0 Å². The smallest absolute Gasteiger partial charge is 0.361 e. The topological polar surface area (TPSA) is 65.2 Å². The van der Waals surface area contributed by atoms with Crippen LogP contribution < -0.4 is 5.32 Å². The summed E-state index contributed by atoms with van der Waals surface area (Å²) in [4.78, 5) is 28.8. The molecule has 1 aromatic heterocycles. The molecular formula is C19H22F3N3O2. The molecule has 27 heavy (non-hydrogen) atoms. The van der Waals surface area contributed by atoms with Gasteiger partial charge in [-0.05, 0) is 24.5 Å². The fraction of sp³-hybridized carbons (Fsp3) is 0.474. The molecule has 0 spiro atoms. The standard InChI is InChI=1S/C19H22F3N3O2/c1-12(26)24-17(9-13-10-23-16-7-3-2-6-15(13)16)18(27)25-8-4-5-14(11-25)19(20,21)22/h2-3,6-7,10,14,17,23H,4-5,8-9,11H2,1H3,(H,24,26)/t14-,17-/m1/s1. The van der Waals surface area contributed by atoms with Gasteiger partial charge in [-0.15, -0.1) is 0 Å². The molecule has 2 N–H and O–H groups in total. The summed E-state index contributed by atoms with van der Waals surface area (Å²) in [6.45, 7) is 1.21. The third kappa shape index (κ3) is 4.43. The first-order valence-electron chi connectivity index (χ1n) is 8.93. The lowest BCUT2D eigenvalue weighted by atomic mass is 9.96. The summed E-state index contributed by atoms with van der Waals surface area (Å²) in [7, 11) is 0. The Hall–Kier alpha value is -2.51. The number of piperidine rings is 1. The molecule has 2 aromatic rings. The fourth-order valence-electron chi connectivity index (χ4n) is 3.63. The average Bonchev–Trinajstić information content (AvgIpc) is 3.03. The molecule has 1 aliphatic heterocycles. The third-order valence-electron chi connectivity index (χ3n) is 4.97. The van der Waals surface area contributed by atoms with Crippen LogP contribution in [0.15, 0.2) is 30.5 Å².